The molecule has 0 spiro atoms. The Balaban J connectivity index is 1.82. The zero-order valence-corrected chi connectivity index (χ0v) is 16.2. The SMILES string of the molecule is O=c1c(-c2ccccc2Cl)[n+]([O-])c2ccccc2n1OCc1ccc([N+](=O)[O-])cc1. The second kappa shape index (κ2) is 7.84. The Labute approximate surface area is 174 Å². The summed E-state index contributed by atoms with van der Waals surface area (Å²) in [6.07, 6.45) is 0. The summed E-state index contributed by atoms with van der Waals surface area (Å²) in [5, 5.41) is 24.0. The van der Waals surface area contributed by atoms with Gasteiger partial charge < -0.3 is 10.0 Å². The van der Waals surface area contributed by atoms with E-state index in [1.165, 1.54) is 24.3 Å². The van der Waals surface area contributed by atoms with Crippen LogP contribution in [0.15, 0.2) is 77.6 Å². The zero-order chi connectivity index (χ0) is 21.3. The first-order valence-electron chi connectivity index (χ1n) is 8.86. The van der Waals surface area contributed by atoms with E-state index in [1.54, 1.807) is 48.5 Å². The molecule has 0 unspecified atom stereocenters. The quantitative estimate of drug-likeness (QED) is 0.211. The largest absolute Gasteiger partial charge is 0.618 e. The topological polar surface area (TPSA) is 101 Å². The molecule has 0 aliphatic carbocycles. The molecule has 9 heteroatoms. The number of nitro benzene ring substituents is 1. The predicted molar refractivity (Wildman–Crippen MR) is 111 cm³/mol. The van der Waals surface area contributed by atoms with Crippen LogP contribution >= 0.6 is 11.6 Å². The van der Waals surface area contributed by atoms with Gasteiger partial charge in [0, 0.05) is 18.2 Å². The number of para-hydroxylation sites is 2. The van der Waals surface area contributed by atoms with E-state index in [0.717, 1.165) is 4.73 Å². The summed E-state index contributed by atoms with van der Waals surface area (Å²) in [5.41, 5.74) is 0.550. The lowest BCUT2D eigenvalue weighted by Crippen LogP contribution is -2.42. The van der Waals surface area contributed by atoms with Gasteiger partial charge in [0.15, 0.2) is 5.52 Å². The van der Waals surface area contributed by atoms with Crippen molar-refractivity contribution in [1.29, 1.82) is 0 Å². The number of benzene rings is 3. The Bertz CT molecular complexity index is 1320. The van der Waals surface area contributed by atoms with Crippen molar-refractivity contribution in [2.75, 3.05) is 0 Å². The second-order valence-electron chi connectivity index (χ2n) is 6.41. The van der Waals surface area contributed by atoms with Crippen molar-refractivity contribution in [2.45, 2.75) is 6.61 Å². The van der Waals surface area contributed by atoms with Gasteiger partial charge >= 0.3 is 5.56 Å². The van der Waals surface area contributed by atoms with Crippen LogP contribution in [-0.4, -0.2) is 9.65 Å². The Hall–Kier alpha value is -3.91. The average molecular weight is 424 g/mol. The minimum Gasteiger partial charge on any atom is -0.618 e. The molecular formula is C21H14ClN3O5. The lowest BCUT2D eigenvalue weighted by atomic mass is 10.1. The van der Waals surface area contributed by atoms with Gasteiger partial charge in [0.25, 0.3) is 11.4 Å². The molecule has 150 valence electrons. The summed E-state index contributed by atoms with van der Waals surface area (Å²) in [6.45, 7) is -0.0350. The third kappa shape index (κ3) is 3.44. The van der Waals surface area contributed by atoms with Gasteiger partial charge in [0.2, 0.25) is 5.52 Å². The number of hydrogen-bond donors (Lipinski definition) is 0. The van der Waals surface area contributed by atoms with Crippen LogP contribution < -0.4 is 15.1 Å². The van der Waals surface area contributed by atoms with Gasteiger partial charge in [-0.3, -0.25) is 14.9 Å². The van der Waals surface area contributed by atoms with Crippen LogP contribution in [0.1, 0.15) is 5.56 Å². The maximum Gasteiger partial charge on any atom is 0.357 e. The van der Waals surface area contributed by atoms with Crippen molar-refractivity contribution in [2.24, 2.45) is 0 Å². The number of aromatic nitrogens is 2. The molecule has 8 nitrogen and oxygen atoms in total. The molecule has 0 aliphatic rings. The van der Waals surface area contributed by atoms with E-state index in [2.05, 4.69) is 0 Å². The van der Waals surface area contributed by atoms with Gasteiger partial charge in [0.1, 0.15) is 6.61 Å². The zero-order valence-electron chi connectivity index (χ0n) is 15.4. The Morgan fingerprint density at radius 3 is 2.37 bits per heavy atom. The maximum atomic E-state index is 13.2. The fourth-order valence-corrected chi connectivity index (χ4v) is 3.30. The highest BCUT2D eigenvalue weighted by atomic mass is 35.5. The maximum absolute atomic E-state index is 13.2. The molecule has 0 aliphatic heterocycles. The highest BCUT2D eigenvalue weighted by Crippen LogP contribution is 2.24. The van der Waals surface area contributed by atoms with Gasteiger partial charge in [-0.1, -0.05) is 35.9 Å². The van der Waals surface area contributed by atoms with Crippen LogP contribution in [0.3, 0.4) is 0 Å². The van der Waals surface area contributed by atoms with E-state index in [0.29, 0.717) is 10.3 Å². The van der Waals surface area contributed by atoms with E-state index in [9.17, 15) is 20.1 Å². The standard InChI is InChI=1S/C21H14ClN3O5/c22-17-6-2-1-5-16(17)20-21(26)24(19-8-4-3-7-18(19)23(20)27)30-13-14-9-11-15(12-10-14)25(28)29/h1-12H,13H2. The summed E-state index contributed by atoms with van der Waals surface area (Å²) in [4.78, 5) is 29.2. The van der Waals surface area contributed by atoms with Gasteiger partial charge in [-0.25, -0.2) is 0 Å². The Kier molecular flexibility index (Phi) is 5.07. The minimum atomic E-state index is -0.668. The number of fused-ring (bicyclic) bond motifs is 1. The monoisotopic (exact) mass is 423 g/mol. The van der Waals surface area contributed by atoms with E-state index in [4.69, 9.17) is 16.4 Å². The molecule has 30 heavy (non-hydrogen) atoms. The molecule has 1 aromatic heterocycles. The van der Waals surface area contributed by atoms with Gasteiger partial charge in [0.05, 0.1) is 15.5 Å². The lowest BCUT2D eigenvalue weighted by molar-refractivity contribution is -0.566. The summed E-state index contributed by atoms with van der Waals surface area (Å²) in [7, 11) is 0. The van der Waals surface area contributed by atoms with Crippen LogP contribution in [0.2, 0.25) is 5.02 Å². The van der Waals surface area contributed by atoms with E-state index < -0.39 is 10.5 Å². The number of nitro groups is 1. The third-order valence-electron chi connectivity index (χ3n) is 4.55. The first-order valence-corrected chi connectivity index (χ1v) is 9.24. The van der Waals surface area contributed by atoms with Crippen molar-refractivity contribution in [1.82, 2.24) is 4.73 Å². The first kappa shape index (κ1) is 19.4. The van der Waals surface area contributed by atoms with E-state index >= 15 is 0 Å². The highest BCUT2D eigenvalue weighted by Gasteiger charge is 2.25. The number of non-ortho nitro benzene ring substituents is 1. The van der Waals surface area contributed by atoms with Crippen LogP contribution in [0.5, 0.6) is 0 Å². The van der Waals surface area contributed by atoms with Crippen molar-refractivity contribution >= 4 is 28.3 Å². The Morgan fingerprint density at radius 2 is 1.67 bits per heavy atom. The van der Waals surface area contributed by atoms with Crippen LogP contribution in [0.25, 0.3) is 22.3 Å². The molecule has 0 fully saturated rings. The van der Waals surface area contributed by atoms with Gasteiger partial charge in [-0.05, 0) is 35.9 Å². The molecule has 4 aromatic rings. The Morgan fingerprint density at radius 1 is 1.00 bits per heavy atom. The minimum absolute atomic E-state index is 0.0350. The number of hydrogen-bond acceptors (Lipinski definition) is 5. The molecule has 1 heterocycles. The third-order valence-corrected chi connectivity index (χ3v) is 4.88. The first-order chi connectivity index (χ1) is 14.5. The molecule has 4 rings (SSSR count). The molecule has 0 saturated carbocycles. The highest BCUT2D eigenvalue weighted by molar-refractivity contribution is 6.33. The summed E-state index contributed by atoms with van der Waals surface area (Å²) >= 11 is 6.22. The van der Waals surface area contributed by atoms with Crippen molar-refractivity contribution in [3.8, 4) is 11.3 Å². The molecule has 0 bridgehead atoms. The molecule has 0 N–H and O–H groups in total. The number of rotatable bonds is 5. The second-order valence-corrected chi connectivity index (χ2v) is 6.82. The predicted octanol–water partition coefficient (Wildman–Crippen LogP) is 3.49. The molecule has 3 aromatic carbocycles. The van der Waals surface area contributed by atoms with Gasteiger partial charge in [-0.2, -0.15) is 4.73 Å². The summed E-state index contributed by atoms with van der Waals surface area (Å²) in [6, 6.07) is 18.9. The van der Waals surface area contributed by atoms with E-state index in [-0.39, 0.29) is 39.6 Å². The molecule has 0 amide bonds. The summed E-state index contributed by atoms with van der Waals surface area (Å²) < 4.78 is 1.59. The fraction of sp³-hybridized carbons (Fsp3) is 0.0476. The van der Waals surface area contributed by atoms with Crippen LogP contribution in [-0.2, 0) is 6.61 Å². The normalized spacial score (nSPS) is 10.8. The molecular weight excluding hydrogens is 410 g/mol. The van der Waals surface area contributed by atoms with Gasteiger partial charge in [-0.15, -0.1) is 4.73 Å². The molecule has 0 radical (unpaired) electrons. The van der Waals surface area contributed by atoms with Crippen molar-refractivity contribution in [3.63, 3.8) is 0 Å². The van der Waals surface area contributed by atoms with E-state index in [1.807, 2.05) is 0 Å². The van der Waals surface area contributed by atoms with Crippen LogP contribution in [0, 0.1) is 15.3 Å². The number of halogens is 1. The number of nitrogens with zero attached hydrogens (tertiary/aromatic N) is 3. The molecule has 0 saturated heterocycles. The molecule has 0 atom stereocenters. The summed E-state index contributed by atoms with van der Waals surface area (Å²) in [5.74, 6) is 0. The lowest BCUT2D eigenvalue weighted by Gasteiger charge is -2.14. The smallest absolute Gasteiger partial charge is 0.357 e. The van der Waals surface area contributed by atoms with Crippen molar-refractivity contribution < 1.29 is 14.5 Å². The fourth-order valence-electron chi connectivity index (χ4n) is 3.08. The van der Waals surface area contributed by atoms with Crippen LogP contribution in [0.4, 0.5) is 5.69 Å². The van der Waals surface area contributed by atoms with Crippen molar-refractivity contribution in [3.05, 3.63) is 109 Å². The average Bonchev–Trinajstić information content (AvgIpc) is 2.75.